The molecule has 3 nitrogen and oxygen atoms in total. The van der Waals surface area contributed by atoms with Crippen molar-refractivity contribution in [3.05, 3.63) is 84.0 Å². The topological polar surface area (TPSA) is 27.7 Å². The molecule has 0 saturated heterocycles. The van der Waals surface area contributed by atoms with Crippen LogP contribution in [0, 0.1) is 5.92 Å². The van der Waals surface area contributed by atoms with E-state index in [0.717, 1.165) is 18.4 Å². The zero-order chi connectivity index (χ0) is 22.3. The fourth-order valence-corrected chi connectivity index (χ4v) is 5.15. The molecular formula is C27H38O3Si. The van der Waals surface area contributed by atoms with E-state index in [1.54, 1.807) is 6.26 Å². The molecule has 3 rings (SSSR count). The highest BCUT2D eigenvalue weighted by Gasteiger charge is 2.40. The number of rotatable bonds is 9. The van der Waals surface area contributed by atoms with E-state index < -0.39 is 8.32 Å². The van der Waals surface area contributed by atoms with Crippen LogP contribution in [0.5, 0.6) is 0 Å². The van der Waals surface area contributed by atoms with E-state index in [-0.39, 0.29) is 11.5 Å². The second-order valence-electron chi connectivity index (χ2n) is 10.1. The van der Waals surface area contributed by atoms with Gasteiger partial charge in [0.2, 0.25) is 8.32 Å². The summed E-state index contributed by atoms with van der Waals surface area (Å²) in [6.07, 6.45) is 6.46. The van der Waals surface area contributed by atoms with Crippen molar-refractivity contribution < 1.29 is 13.9 Å². The molecule has 168 valence electrons. The summed E-state index contributed by atoms with van der Waals surface area (Å²) in [7, 11) is -1.84. The van der Waals surface area contributed by atoms with Crippen LogP contribution in [-0.2, 0) is 25.9 Å². The van der Waals surface area contributed by atoms with Crippen LogP contribution in [0.15, 0.2) is 72.9 Å². The lowest BCUT2D eigenvalue weighted by molar-refractivity contribution is -0.0418. The average molecular weight is 439 g/mol. The molecule has 0 spiro atoms. The molecule has 0 radical (unpaired) electrons. The lowest BCUT2D eigenvalue weighted by Crippen LogP contribution is -2.41. The van der Waals surface area contributed by atoms with Crippen molar-refractivity contribution in [3.8, 4) is 0 Å². The molecule has 1 aliphatic carbocycles. The third kappa shape index (κ3) is 6.89. The van der Waals surface area contributed by atoms with E-state index in [2.05, 4.69) is 76.0 Å². The molecule has 1 saturated carbocycles. The van der Waals surface area contributed by atoms with Crippen molar-refractivity contribution in [1.29, 1.82) is 0 Å². The van der Waals surface area contributed by atoms with Crippen LogP contribution in [0.2, 0.25) is 19.6 Å². The normalized spacial score (nSPS) is 20.2. The molecule has 2 aromatic carbocycles. The maximum absolute atomic E-state index is 6.57. The number of hydrogen-bond donors (Lipinski definition) is 0. The molecule has 31 heavy (non-hydrogen) atoms. The van der Waals surface area contributed by atoms with Crippen molar-refractivity contribution in [3.63, 3.8) is 0 Å². The van der Waals surface area contributed by atoms with Gasteiger partial charge in [0.25, 0.3) is 0 Å². The van der Waals surface area contributed by atoms with Gasteiger partial charge in [0.15, 0.2) is 6.26 Å². The first-order chi connectivity index (χ1) is 14.8. The van der Waals surface area contributed by atoms with E-state index >= 15 is 0 Å². The lowest BCUT2D eigenvalue weighted by Gasteiger charge is -2.43. The van der Waals surface area contributed by atoms with Gasteiger partial charge in [-0.25, -0.2) is 0 Å². The minimum atomic E-state index is -1.84. The molecule has 2 atom stereocenters. The monoisotopic (exact) mass is 438 g/mol. The number of benzene rings is 2. The zero-order valence-corrected chi connectivity index (χ0v) is 20.8. The van der Waals surface area contributed by atoms with Crippen molar-refractivity contribution in [2.24, 2.45) is 5.92 Å². The van der Waals surface area contributed by atoms with Gasteiger partial charge in [-0.3, -0.25) is 0 Å². The molecule has 0 aromatic heterocycles. The van der Waals surface area contributed by atoms with Gasteiger partial charge in [0.1, 0.15) is 12.7 Å². The van der Waals surface area contributed by atoms with Gasteiger partial charge >= 0.3 is 5.95 Å². The Bertz CT molecular complexity index is 825. The predicted molar refractivity (Wildman–Crippen MR) is 130 cm³/mol. The largest absolute Gasteiger partial charge is 0.518 e. The third-order valence-electron chi connectivity index (χ3n) is 6.09. The van der Waals surface area contributed by atoms with Crippen LogP contribution >= 0.6 is 0 Å². The second kappa shape index (κ2) is 10.4. The standard InChI is InChI=1S/C27H38O3Si/c1-27(2,23-16-10-7-11-17-23)24-18-12-13-19-25(24)29-26(30-31(3,4)5)21-28-20-22-14-8-6-9-15-22/h6-11,14-17,21,24-25H,12-13,18-20H2,1-5H3/b26-21-/t24-,25+/m1/s1. The summed E-state index contributed by atoms with van der Waals surface area (Å²) in [5.41, 5.74) is 2.53. The first-order valence-corrected chi connectivity index (χ1v) is 14.9. The van der Waals surface area contributed by atoms with Gasteiger partial charge in [-0.2, -0.15) is 0 Å². The molecule has 0 aliphatic heterocycles. The Morgan fingerprint density at radius 3 is 2.19 bits per heavy atom. The summed E-state index contributed by atoms with van der Waals surface area (Å²) in [6, 6.07) is 21.0. The van der Waals surface area contributed by atoms with Crippen LogP contribution in [0.4, 0.5) is 0 Å². The smallest absolute Gasteiger partial charge is 0.302 e. The SMILES string of the molecule is CC(C)(c1ccccc1)[C@@H]1CCCC[C@@H]1O/C(=C/OCc1ccccc1)O[Si](C)(C)C. The van der Waals surface area contributed by atoms with Gasteiger partial charge in [0, 0.05) is 5.92 Å². The molecule has 0 N–H and O–H groups in total. The van der Waals surface area contributed by atoms with Gasteiger partial charge in [-0.05, 0) is 55.4 Å². The van der Waals surface area contributed by atoms with Crippen molar-refractivity contribution in [2.75, 3.05) is 0 Å². The Kier molecular flexibility index (Phi) is 7.87. The number of ether oxygens (including phenoxy) is 2. The maximum Gasteiger partial charge on any atom is 0.302 e. The van der Waals surface area contributed by atoms with E-state index in [1.165, 1.54) is 18.4 Å². The molecular weight excluding hydrogens is 400 g/mol. The van der Waals surface area contributed by atoms with E-state index in [9.17, 15) is 0 Å². The Labute approximate surface area is 189 Å². The number of hydrogen-bond acceptors (Lipinski definition) is 3. The molecule has 0 unspecified atom stereocenters. The van der Waals surface area contributed by atoms with Crippen LogP contribution < -0.4 is 0 Å². The lowest BCUT2D eigenvalue weighted by atomic mass is 9.66. The van der Waals surface area contributed by atoms with E-state index in [0.29, 0.717) is 18.5 Å². The van der Waals surface area contributed by atoms with Crippen LogP contribution in [0.1, 0.15) is 50.7 Å². The van der Waals surface area contributed by atoms with Crippen molar-refractivity contribution in [2.45, 2.75) is 77.3 Å². The molecule has 4 heteroatoms. The van der Waals surface area contributed by atoms with Crippen molar-refractivity contribution in [1.82, 2.24) is 0 Å². The van der Waals surface area contributed by atoms with Gasteiger partial charge in [-0.1, -0.05) is 80.9 Å². The Balaban J connectivity index is 1.76. The minimum Gasteiger partial charge on any atom is -0.518 e. The van der Waals surface area contributed by atoms with Crippen molar-refractivity contribution >= 4 is 8.32 Å². The van der Waals surface area contributed by atoms with E-state index in [4.69, 9.17) is 13.9 Å². The quantitative estimate of drug-likeness (QED) is 0.301. The molecule has 0 heterocycles. The first-order valence-electron chi connectivity index (χ1n) is 11.5. The van der Waals surface area contributed by atoms with Gasteiger partial charge < -0.3 is 13.9 Å². The van der Waals surface area contributed by atoms with Crippen LogP contribution in [0.25, 0.3) is 0 Å². The summed E-state index contributed by atoms with van der Waals surface area (Å²) in [5, 5.41) is 0. The molecule has 2 aromatic rings. The molecule has 0 bridgehead atoms. The molecule has 1 aliphatic rings. The zero-order valence-electron chi connectivity index (χ0n) is 19.8. The van der Waals surface area contributed by atoms with E-state index in [1.807, 2.05) is 18.2 Å². The van der Waals surface area contributed by atoms with Gasteiger partial charge in [-0.15, -0.1) is 0 Å². The van der Waals surface area contributed by atoms with Gasteiger partial charge in [0.05, 0.1) is 0 Å². The second-order valence-corrected chi connectivity index (χ2v) is 14.5. The van der Waals surface area contributed by atoms with Crippen LogP contribution in [-0.4, -0.2) is 14.4 Å². The fourth-order valence-electron chi connectivity index (χ4n) is 4.45. The summed E-state index contributed by atoms with van der Waals surface area (Å²) in [4.78, 5) is 0. The highest BCUT2D eigenvalue weighted by atomic mass is 28.4. The van der Waals surface area contributed by atoms with Crippen LogP contribution in [0.3, 0.4) is 0 Å². The Morgan fingerprint density at radius 1 is 0.935 bits per heavy atom. The Hall–Kier alpha value is -2.20. The highest BCUT2D eigenvalue weighted by Crippen LogP contribution is 2.42. The predicted octanol–water partition coefficient (Wildman–Crippen LogP) is 7.41. The fraction of sp³-hybridized carbons (Fsp3) is 0.481. The third-order valence-corrected chi connectivity index (χ3v) is 6.91. The first kappa shape index (κ1) is 23.5. The summed E-state index contributed by atoms with van der Waals surface area (Å²) < 4.78 is 18.8. The summed E-state index contributed by atoms with van der Waals surface area (Å²) in [6.45, 7) is 11.7. The Morgan fingerprint density at radius 2 is 1.55 bits per heavy atom. The summed E-state index contributed by atoms with van der Waals surface area (Å²) in [5.74, 6) is 0.960. The molecule has 0 amide bonds. The maximum atomic E-state index is 6.57. The minimum absolute atomic E-state index is 0.0293. The molecule has 1 fully saturated rings. The average Bonchev–Trinajstić information content (AvgIpc) is 2.74. The summed E-state index contributed by atoms with van der Waals surface area (Å²) >= 11 is 0. The highest BCUT2D eigenvalue weighted by molar-refractivity contribution is 6.69.